The van der Waals surface area contributed by atoms with Crippen LogP contribution < -0.4 is 0 Å². The van der Waals surface area contributed by atoms with Crippen molar-refractivity contribution in [1.82, 2.24) is 14.7 Å². The van der Waals surface area contributed by atoms with Crippen LogP contribution in [0.15, 0.2) is 33.6 Å². The molecule has 3 heterocycles. The van der Waals surface area contributed by atoms with Crippen molar-refractivity contribution in [3.8, 4) is 0 Å². The molecule has 23 heavy (non-hydrogen) atoms. The van der Waals surface area contributed by atoms with Crippen LogP contribution >= 0.6 is 0 Å². The first-order chi connectivity index (χ1) is 11.1. The van der Waals surface area contributed by atoms with Crippen LogP contribution in [0.3, 0.4) is 0 Å². The molecule has 0 amide bonds. The number of likely N-dealkylation sites (tertiary alicyclic amines) is 1. The lowest BCUT2D eigenvalue weighted by Crippen LogP contribution is -2.64. The monoisotopic (exact) mass is 334 g/mol. The number of likely N-dealkylation sites (N-methyl/N-ethyl adjacent to an activating group) is 1. The number of hydrogen-bond acceptors (Lipinski definition) is 5. The Balaban J connectivity index is 1.43. The predicted molar refractivity (Wildman–Crippen MR) is 89.2 cm³/mol. The summed E-state index contributed by atoms with van der Waals surface area (Å²) >= 11 is 0. The highest BCUT2D eigenvalue weighted by molar-refractivity contribution is 7.90. The van der Waals surface area contributed by atoms with Crippen LogP contribution in [0.4, 0.5) is 0 Å². The Labute approximate surface area is 137 Å². The molecule has 1 aromatic carbocycles. The fraction of sp³-hybridized carbons (Fsp3) is 0.562. The van der Waals surface area contributed by atoms with Gasteiger partial charge in [0, 0.05) is 50.9 Å². The number of hydrogen-bond donors (Lipinski definition) is 0. The van der Waals surface area contributed by atoms with Crippen LogP contribution in [0.1, 0.15) is 12.5 Å². The van der Waals surface area contributed by atoms with Crippen LogP contribution in [0.25, 0.3) is 0 Å². The van der Waals surface area contributed by atoms with E-state index in [1.165, 1.54) is 0 Å². The van der Waals surface area contributed by atoms with Gasteiger partial charge in [-0.2, -0.15) is 8.42 Å². The van der Waals surface area contributed by atoms with E-state index in [4.69, 9.17) is 0 Å². The molecule has 4 rings (SSSR count). The van der Waals surface area contributed by atoms with Crippen molar-refractivity contribution in [3.63, 3.8) is 0 Å². The third kappa shape index (κ3) is 2.56. The largest absolute Gasteiger partial charge is 0.352 e. The van der Waals surface area contributed by atoms with E-state index in [9.17, 15) is 8.42 Å². The fourth-order valence-corrected chi connectivity index (χ4v) is 4.85. The van der Waals surface area contributed by atoms with Gasteiger partial charge in [0.15, 0.2) is 5.84 Å². The number of amidine groups is 1. The van der Waals surface area contributed by atoms with Crippen molar-refractivity contribution in [2.45, 2.75) is 17.9 Å². The van der Waals surface area contributed by atoms with Gasteiger partial charge >= 0.3 is 0 Å². The molecule has 2 fully saturated rings. The Kier molecular flexibility index (Phi) is 3.66. The van der Waals surface area contributed by atoms with Crippen molar-refractivity contribution < 1.29 is 8.42 Å². The van der Waals surface area contributed by atoms with Gasteiger partial charge in [0.1, 0.15) is 4.90 Å². The molecular formula is C16H22N4O2S. The highest BCUT2D eigenvalue weighted by atomic mass is 32.2. The SMILES string of the molecule is CCN1CCN(C2CN(C3=NS(=O)(=O)c4ccccc43)C2)CC1. The normalized spacial score (nSPS) is 25.1. The second-order valence-electron chi connectivity index (χ2n) is 6.42. The average Bonchev–Trinajstić information content (AvgIpc) is 2.79. The Morgan fingerprint density at radius 1 is 1.13 bits per heavy atom. The Morgan fingerprint density at radius 3 is 2.52 bits per heavy atom. The first-order valence-electron chi connectivity index (χ1n) is 8.24. The first-order valence-corrected chi connectivity index (χ1v) is 9.68. The molecule has 0 atom stereocenters. The topological polar surface area (TPSA) is 56.2 Å². The van der Waals surface area contributed by atoms with Crippen molar-refractivity contribution in [3.05, 3.63) is 29.8 Å². The van der Waals surface area contributed by atoms with E-state index in [0.717, 1.165) is 51.4 Å². The van der Waals surface area contributed by atoms with Gasteiger partial charge in [-0.25, -0.2) is 0 Å². The van der Waals surface area contributed by atoms with Gasteiger partial charge in [0.05, 0.1) is 0 Å². The molecule has 0 unspecified atom stereocenters. The van der Waals surface area contributed by atoms with Crippen molar-refractivity contribution in [2.24, 2.45) is 4.40 Å². The predicted octanol–water partition coefficient (Wildman–Crippen LogP) is 0.457. The highest BCUT2D eigenvalue weighted by Crippen LogP contribution is 2.30. The summed E-state index contributed by atoms with van der Waals surface area (Å²) in [7, 11) is -3.50. The Hall–Kier alpha value is -1.44. The minimum atomic E-state index is -3.50. The quantitative estimate of drug-likeness (QED) is 0.786. The molecule has 1 aromatic rings. The molecule has 6 nitrogen and oxygen atoms in total. The van der Waals surface area contributed by atoms with Gasteiger partial charge in [-0.3, -0.25) is 4.90 Å². The third-order valence-electron chi connectivity index (χ3n) is 5.14. The second-order valence-corrected chi connectivity index (χ2v) is 7.99. The maximum atomic E-state index is 12.1. The van der Waals surface area contributed by atoms with E-state index in [-0.39, 0.29) is 0 Å². The summed E-state index contributed by atoms with van der Waals surface area (Å²) in [5.41, 5.74) is 0.752. The maximum absolute atomic E-state index is 12.1. The van der Waals surface area contributed by atoms with Crippen molar-refractivity contribution in [2.75, 3.05) is 45.8 Å². The Morgan fingerprint density at radius 2 is 1.83 bits per heavy atom. The molecule has 3 aliphatic rings. The highest BCUT2D eigenvalue weighted by Gasteiger charge is 2.39. The lowest BCUT2D eigenvalue weighted by Gasteiger charge is -2.48. The molecule has 2 saturated heterocycles. The second kappa shape index (κ2) is 5.58. The van der Waals surface area contributed by atoms with Crippen molar-refractivity contribution in [1.29, 1.82) is 0 Å². The number of sulfonamides is 1. The summed E-state index contributed by atoms with van der Waals surface area (Å²) < 4.78 is 28.3. The van der Waals surface area contributed by atoms with E-state index < -0.39 is 10.0 Å². The number of piperazine rings is 1. The number of nitrogens with zero attached hydrogens (tertiary/aromatic N) is 4. The van der Waals surface area contributed by atoms with Crippen LogP contribution in [0, 0.1) is 0 Å². The summed E-state index contributed by atoms with van der Waals surface area (Å²) in [5, 5.41) is 0. The van der Waals surface area contributed by atoms with E-state index in [1.807, 2.05) is 12.1 Å². The molecule has 0 radical (unpaired) electrons. The zero-order valence-corrected chi connectivity index (χ0v) is 14.2. The third-order valence-corrected chi connectivity index (χ3v) is 6.47. The minimum absolute atomic E-state index is 0.343. The first kappa shape index (κ1) is 15.1. The van der Waals surface area contributed by atoms with Crippen LogP contribution in [0.5, 0.6) is 0 Å². The smallest absolute Gasteiger partial charge is 0.285 e. The molecule has 0 saturated carbocycles. The molecular weight excluding hydrogens is 312 g/mol. The fourth-order valence-electron chi connectivity index (χ4n) is 3.62. The van der Waals surface area contributed by atoms with Crippen LogP contribution in [-0.4, -0.2) is 80.8 Å². The molecule has 0 N–H and O–H groups in total. The maximum Gasteiger partial charge on any atom is 0.285 e. The van der Waals surface area contributed by atoms with Gasteiger partial charge in [-0.15, -0.1) is 4.40 Å². The molecule has 7 heteroatoms. The van der Waals surface area contributed by atoms with E-state index in [1.54, 1.807) is 12.1 Å². The summed E-state index contributed by atoms with van der Waals surface area (Å²) in [6.07, 6.45) is 0. The summed E-state index contributed by atoms with van der Waals surface area (Å²) in [5.74, 6) is 0.629. The lowest BCUT2D eigenvalue weighted by molar-refractivity contribution is 0.0377. The summed E-state index contributed by atoms with van der Waals surface area (Å²) in [6.45, 7) is 9.54. The standard InChI is InChI=1S/C16H22N4O2S/c1-2-18-7-9-19(10-8-18)13-11-20(12-13)16-14-5-3-4-6-15(14)23(21,22)17-16/h3-6,13H,2,7-12H2,1H3. The molecule has 0 aromatic heterocycles. The Bertz CT molecular complexity index is 732. The van der Waals surface area contributed by atoms with Crippen molar-refractivity contribution >= 4 is 15.9 Å². The van der Waals surface area contributed by atoms with Gasteiger partial charge in [-0.1, -0.05) is 19.1 Å². The van der Waals surface area contributed by atoms with Gasteiger partial charge < -0.3 is 9.80 Å². The molecule has 3 aliphatic heterocycles. The van der Waals surface area contributed by atoms with Crippen LogP contribution in [-0.2, 0) is 10.0 Å². The van der Waals surface area contributed by atoms with E-state index in [0.29, 0.717) is 16.8 Å². The molecule has 0 bridgehead atoms. The number of fused-ring (bicyclic) bond motifs is 1. The summed E-state index contributed by atoms with van der Waals surface area (Å²) in [6, 6.07) is 7.64. The van der Waals surface area contributed by atoms with Gasteiger partial charge in [0.2, 0.25) is 0 Å². The lowest BCUT2D eigenvalue weighted by atomic mass is 10.0. The number of rotatable bonds is 2. The molecule has 0 spiro atoms. The molecule has 124 valence electrons. The molecule has 0 aliphatic carbocycles. The van der Waals surface area contributed by atoms with Gasteiger partial charge in [0.25, 0.3) is 10.0 Å². The zero-order chi connectivity index (χ0) is 16.0. The van der Waals surface area contributed by atoms with E-state index >= 15 is 0 Å². The number of benzene rings is 1. The van der Waals surface area contributed by atoms with Gasteiger partial charge in [-0.05, 0) is 18.7 Å². The van der Waals surface area contributed by atoms with E-state index in [2.05, 4.69) is 26.0 Å². The summed E-state index contributed by atoms with van der Waals surface area (Å²) in [4.78, 5) is 7.44. The minimum Gasteiger partial charge on any atom is -0.352 e. The van der Waals surface area contributed by atoms with Crippen LogP contribution in [0.2, 0.25) is 0 Å². The average molecular weight is 334 g/mol. The zero-order valence-electron chi connectivity index (χ0n) is 13.4.